The number of thiophene rings is 1. The molecule has 1 aliphatic carbocycles. The van der Waals surface area contributed by atoms with Crippen LogP contribution in [0.25, 0.3) is 0 Å². The highest BCUT2D eigenvalue weighted by Crippen LogP contribution is 2.41. The van der Waals surface area contributed by atoms with Crippen molar-refractivity contribution >= 4 is 22.3 Å². The van der Waals surface area contributed by atoms with Gasteiger partial charge in [-0.1, -0.05) is 0 Å². The number of anilines is 1. The first-order chi connectivity index (χ1) is 8.27. The molecule has 1 N–H and O–H groups in total. The second kappa shape index (κ2) is 4.31. The maximum Gasteiger partial charge on any atom is 0.346 e. The van der Waals surface area contributed by atoms with Crippen molar-refractivity contribution < 1.29 is 14.6 Å². The van der Waals surface area contributed by atoms with E-state index < -0.39 is 5.97 Å². The van der Waals surface area contributed by atoms with Crippen LogP contribution < -0.4 is 4.90 Å². The van der Waals surface area contributed by atoms with Crippen LogP contribution in [-0.4, -0.2) is 37.4 Å². The lowest BCUT2D eigenvalue weighted by Gasteiger charge is -2.28. The predicted molar refractivity (Wildman–Crippen MR) is 66.3 cm³/mol. The van der Waals surface area contributed by atoms with Crippen LogP contribution in [0, 0.1) is 0 Å². The third kappa shape index (κ3) is 1.83. The summed E-state index contributed by atoms with van der Waals surface area (Å²) in [5, 5.41) is 10.4. The van der Waals surface area contributed by atoms with Crippen molar-refractivity contribution in [3.8, 4) is 0 Å². The molecule has 1 aromatic rings. The quantitative estimate of drug-likeness (QED) is 0.872. The minimum atomic E-state index is -0.771. The Kier molecular flexibility index (Phi) is 2.80. The summed E-state index contributed by atoms with van der Waals surface area (Å²) in [4.78, 5) is 14.1. The van der Waals surface area contributed by atoms with Gasteiger partial charge in [-0.05, 0) is 30.4 Å². The van der Waals surface area contributed by atoms with Gasteiger partial charge < -0.3 is 14.7 Å². The Labute approximate surface area is 104 Å². The van der Waals surface area contributed by atoms with E-state index >= 15 is 0 Å². The number of nitrogens with zero attached hydrogens (tertiary/aromatic N) is 1. The minimum Gasteiger partial charge on any atom is -0.477 e. The van der Waals surface area contributed by atoms with E-state index in [-0.39, 0.29) is 0 Å². The summed E-state index contributed by atoms with van der Waals surface area (Å²) in [6.45, 7) is 3.25. The van der Waals surface area contributed by atoms with Crippen LogP contribution >= 0.6 is 11.3 Å². The Bertz CT molecular complexity index is 449. The summed E-state index contributed by atoms with van der Waals surface area (Å²) in [6, 6.07) is 0. The number of carboxylic acid groups (broad SMARTS) is 1. The molecule has 0 radical (unpaired) electrons. The Morgan fingerprint density at radius 1 is 1.24 bits per heavy atom. The van der Waals surface area contributed by atoms with Gasteiger partial charge in [0.1, 0.15) is 4.88 Å². The van der Waals surface area contributed by atoms with Crippen molar-refractivity contribution in [2.45, 2.75) is 19.3 Å². The van der Waals surface area contributed by atoms with Gasteiger partial charge in [0.15, 0.2) is 0 Å². The molecule has 2 heterocycles. The number of aromatic carboxylic acids is 1. The van der Waals surface area contributed by atoms with E-state index in [9.17, 15) is 9.90 Å². The van der Waals surface area contributed by atoms with Crippen LogP contribution in [0.4, 0.5) is 5.00 Å². The second-order valence-electron chi connectivity index (χ2n) is 4.45. The lowest BCUT2D eigenvalue weighted by atomic mass is 10.2. The summed E-state index contributed by atoms with van der Waals surface area (Å²) >= 11 is 1.45. The Hall–Kier alpha value is -1.07. The molecule has 0 bridgehead atoms. The number of carboxylic acids is 1. The molecular weight excluding hydrogens is 238 g/mol. The zero-order chi connectivity index (χ0) is 11.8. The number of hydrogen-bond donors (Lipinski definition) is 1. The molecule has 1 saturated heterocycles. The number of carbonyl (C=O) groups is 1. The van der Waals surface area contributed by atoms with Gasteiger partial charge in [-0.2, -0.15) is 0 Å². The summed E-state index contributed by atoms with van der Waals surface area (Å²) in [5.41, 5.74) is 2.37. The van der Waals surface area contributed by atoms with Gasteiger partial charge >= 0.3 is 5.97 Å². The molecular formula is C12H15NO3S. The van der Waals surface area contributed by atoms with Crippen LogP contribution in [0.15, 0.2) is 0 Å². The minimum absolute atomic E-state index is 0.555. The molecule has 0 amide bonds. The van der Waals surface area contributed by atoms with Gasteiger partial charge in [-0.15, -0.1) is 11.3 Å². The van der Waals surface area contributed by atoms with Gasteiger partial charge in [0, 0.05) is 13.1 Å². The van der Waals surface area contributed by atoms with Gasteiger partial charge in [0.05, 0.1) is 18.2 Å². The highest BCUT2D eigenvalue weighted by atomic mass is 32.1. The fourth-order valence-electron chi connectivity index (χ4n) is 2.64. The molecule has 0 aromatic carbocycles. The normalized spacial score (nSPS) is 19.4. The van der Waals surface area contributed by atoms with Crippen LogP contribution in [0.5, 0.6) is 0 Å². The average molecular weight is 253 g/mol. The van der Waals surface area contributed by atoms with Crippen LogP contribution in [0.1, 0.15) is 27.2 Å². The van der Waals surface area contributed by atoms with Crippen molar-refractivity contribution in [2.24, 2.45) is 0 Å². The summed E-state index contributed by atoms with van der Waals surface area (Å²) in [7, 11) is 0. The van der Waals surface area contributed by atoms with E-state index in [0.717, 1.165) is 51.1 Å². The van der Waals surface area contributed by atoms with E-state index in [1.54, 1.807) is 0 Å². The highest BCUT2D eigenvalue weighted by Gasteiger charge is 2.28. The molecule has 5 heteroatoms. The number of hydrogen-bond acceptors (Lipinski definition) is 4. The van der Waals surface area contributed by atoms with Crippen molar-refractivity contribution in [2.75, 3.05) is 31.2 Å². The topological polar surface area (TPSA) is 49.8 Å². The lowest BCUT2D eigenvalue weighted by molar-refractivity contribution is 0.0701. The van der Waals surface area contributed by atoms with E-state index in [1.807, 2.05) is 0 Å². The first kappa shape index (κ1) is 11.0. The largest absolute Gasteiger partial charge is 0.477 e. The average Bonchev–Trinajstić information content (AvgIpc) is 2.90. The molecule has 1 aliphatic heterocycles. The standard InChI is InChI=1S/C12H15NO3S/c14-12(15)10-8-2-1-3-9(8)11(17-10)13-4-6-16-7-5-13/h1-7H2,(H,14,15). The number of rotatable bonds is 2. The van der Waals surface area contributed by atoms with Crippen molar-refractivity contribution in [3.05, 3.63) is 16.0 Å². The maximum absolute atomic E-state index is 11.2. The molecule has 0 unspecified atom stereocenters. The van der Waals surface area contributed by atoms with E-state index in [1.165, 1.54) is 21.9 Å². The SMILES string of the molecule is O=C(O)c1sc(N2CCOCC2)c2c1CCC2. The predicted octanol–water partition coefficient (Wildman–Crippen LogP) is 1.77. The first-order valence-corrected chi connectivity index (χ1v) is 6.79. The molecule has 92 valence electrons. The smallest absolute Gasteiger partial charge is 0.346 e. The van der Waals surface area contributed by atoms with Gasteiger partial charge in [-0.25, -0.2) is 4.79 Å². The van der Waals surface area contributed by atoms with Crippen molar-refractivity contribution in [3.63, 3.8) is 0 Å². The van der Waals surface area contributed by atoms with Crippen LogP contribution in [-0.2, 0) is 17.6 Å². The van der Waals surface area contributed by atoms with E-state index in [0.29, 0.717) is 4.88 Å². The summed E-state index contributed by atoms with van der Waals surface area (Å²) in [5.74, 6) is -0.771. The van der Waals surface area contributed by atoms with Gasteiger partial charge in [-0.3, -0.25) is 0 Å². The number of morpholine rings is 1. The summed E-state index contributed by atoms with van der Waals surface area (Å²) in [6.07, 6.45) is 3.06. The monoisotopic (exact) mass is 253 g/mol. The molecule has 3 rings (SSSR count). The molecule has 17 heavy (non-hydrogen) atoms. The molecule has 1 aromatic heterocycles. The molecule has 0 spiro atoms. The molecule has 2 aliphatic rings. The highest BCUT2D eigenvalue weighted by molar-refractivity contribution is 7.18. The Morgan fingerprint density at radius 3 is 2.65 bits per heavy atom. The molecule has 4 nitrogen and oxygen atoms in total. The third-order valence-electron chi connectivity index (χ3n) is 3.44. The summed E-state index contributed by atoms with van der Waals surface area (Å²) < 4.78 is 5.34. The molecule has 0 atom stereocenters. The van der Waals surface area contributed by atoms with Crippen LogP contribution in [0.2, 0.25) is 0 Å². The third-order valence-corrected chi connectivity index (χ3v) is 4.76. The Morgan fingerprint density at radius 2 is 1.94 bits per heavy atom. The van der Waals surface area contributed by atoms with Crippen molar-refractivity contribution in [1.82, 2.24) is 0 Å². The zero-order valence-corrected chi connectivity index (χ0v) is 10.4. The van der Waals surface area contributed by atoms with E-state index in [2.05, 4.69) is 4.90 Å². The fraction of sp³-hybridized carbons (Fsp3) is 0.583. The van der Waals surface area contributed by atoms with Gasteiger partial charge in [0.25, 0.3) is 0 Å². The zero-order valence-electron chi connectivity index (χ0n) is 9.57. The molecule has 1 fully saturated rings. The van der Waals surface area contributed by atoms with E-state index in [4.69, 9.17) is 4.74 Å². The molecule has 0 saturated carbocycles. The second-order valence-corrected chi connectivity index (χ2v) is 5.45. The Balaban J connectivity index is 1.99. The first-order valence-electron chi connectivity index (χ1n) is 5.98. The lowest BCUT2D eigenvalue weighted by Crippen LogP contribution is -2.36. The maximum atomic E-state index is 11.2. The fourth-order valence-corrected chi connectivity index (χ4v) is 3.93. The van der Waals surface area contributed by atoms with Crippen molar-refractivity contribution in [1.29, 1.82) is 0 Å². The number of ether oxygens (including phenoxy) is 1. The van der Waals surface area contributed by atoms with Gasteiger partial charge in [0.2, 0.25) is 0 Å². The number of fused-ring (bicyclic) bond motifs is 1. The van der Waals surface area contributed by atoms with Crippen LogP contribution in [0.3, 0.4) is 0 Å².